The van der Waals surface area contributed by atoms with Gasteiger partial charge in [-0.2, -0.15) is 27.1 Å². The maximum absolute atomic E-state index is 13.6. The number of aryl methyl sites for hydroxylation is 1. The van der Waals surface area contributed by atoms with Gasteiger partial charge >= 0.3 is 12.1 Å². The quantitative estimate of drug-likeness (QED) is 0.796. The first-order valence-corrected chi connectivity index (χ1v) is 6.27. The fraction of sp³-hybridized carbons (Fsp3) is 0.750. The van der Waals surface area contributed by atoms with Gasteiger partial charge in [-0.1, -0.05) is 6.92 Å². The highest BCUT2D eigenvalue weighted by molar-refractivity contribution is 5.19. The molecule has 0 unspecified atom stereocenters. The van der Waals surface area contributed by atoms with Crippen molar-refractivity contribution in [2.45, 2.75) is 50.4 Å². The van der Waals surface area contributed by atoms with E-state index in [1.54, 1.807) is 6.92 Å². The lowest BCUT2D eigenvalue weighted by Gasteiger charge is -2.36. The minimum absolute atomic E-state index is 0.110. The molecule has 20 heavy (non-hydrogen) atoms. The van der Waals surface area contributed by atoms with Crippen LogP contribution in [0.15, 0.2) is 6.07 Å². The van der Waals surface area contributed by atoms with Crippen molar-refractivity contribution in [3.8, 4) is 0 Å². The monoisotopic (exact) mass is 298 g/mol. The number of alkyl halides is 5. The summed E-state index contributed by atoms with van der Waals surface area (Å²) in [6, 6.07) is 0.372. The molecule has 1 aromatic rings. The first-order chi connectivity index (χ1) is 9.20. The molecule has 8 heteroatoms. The molecule has 0 bridgehead atoms. The Balaban J connectivity index is 2.35. The number of hydrogen-bond donors (Lipinski definition) is 0. The Morgan fingerprint density at radius 2 is 1.90 bits per heavy atom. The molecule has 1 aliphatic rings. The molecule has 0 atom stereocenters. The van der Waals surface area contributed by atoms with Crippen molar-refractivity contribution in [3.63, 3.8) is 0 Å². The van der Waals surface area contributed by atoms with E-state index in [0.717, 1.165) is 10.7 Å². The number of methoxy groups -OCH3 is 1. The highest BCUT2D eigenvalue weighted by Crippen LogP contribution is 2.46. The van der Waals surface area contributed by atoms with Crippen LogP contribution in [0.4, 0.5) is 22.0 Å². The van der Waals surface area contributed by atoms with Gasteiger partial charge in [0.05, 0.1) is 17.8 Å². The maximum atomic E-state index is 13.6. The fourth-order valence-electron chi connectivity index (χ4n) is 2.21. The molecule has 3 nitrogen and oxygen atoms in total. The zero-order valence-electron chi connectivity index (χ0n) is 11.0. The molecular formula is C12H15F5N2O. The second kappa shape index (κ2) is 4.98. The average molecular weight is 298 g/mol. The van der Waals surface area contributed by atoms with Crippen LogP contribution < -0.4 is 0 Å². The van der Waals surface area contributed by atoms with Crippen LogP contribution in [-0.2, 0) is 17.1 Å². The Morgan fingerprint density at radius 3 is 2.35 bits per heavy atom. The van der Waals surface area contributed by atoms with E-state index in [2.05, 4.69) is 5.10 Å². The third kappa shape index (κ3) is 2.41. The van der Waals surface area contributed by atoms with Gasteiger partial charge in [-0.3, -0.25) is 4.68 Å². The first kappa shape index (κ1) is 15.2. The first-order valence-electron chi connectivity index (χ1n) is 6.27. The van der Waals surface area contributed by atoms with Crippen LogP contribution in [0, 0.1) is 0 Å². The third-order valence-electron chi connectivity index (χ3n) is 3.58. The molecule has 0 aliphatic heterocycles. The molecule has 1 fully saturated rings. The lowest BCUT2D eigenvalue weighted by molar-refractivity contribution is -0.292. The lowest BCUT2D eigenvalue weighted by atomic mass is 9.89. The summed E-state index contributed by atoms with van der Waals surface area (Å²) in [7, 11) is 1.48. The maximum Gasteiger partial charge on any atom is 0.459 e. The van der Waals surface area contributed by atoms with E-state index in [-0.39, 0.29) is 11.8 Å². The summed E-state index contributed by atoms with van der Waals surface area (Å²) in [4.78, 5) is 0. The van der Waals surface area contributed by atoms with Gasteiger partial charge in [-0.15, -0.1) is 0 Å². The van der Waals surface area contributed by atoms with Gasteiger partial charge < -0.3 is 4.74 Å². The van der Waals surface area contributed by atoms with Gasteiger partial charge in [0.1, 0.15) is 5.69 Å². The molecule has 0 spiro atoms. The summed E-state index contributed by atoms with van der Waals surface area (Å²) in [5.41, 5.74) is -0.855. The minimum atomic E-state index is -5.62. The van der Waals surface area contributed by atoms with Crippen LogP contribution in [0.3, 0.4) is 0 Å². The van der Waals surface area contributed by atoms with E-state index in [0.29, 0.717) is 19.3 Å². The zero-order chi connectivity index (χ0) is 15.1. The zero-order valence-corrected chi connectivity index (χ0v) is 11.0. The Hall–Kier alpha value is -1.18. The summed E-state index contributed by atoms with van der Waals surface area (Å²) in [5, 5.41) is 3.88. The van der Waals surface area contributed by atoms with Crippen LogP contribution in [0.25, 0.3) is 0 Å². The van der Waals surface area contributed by atoms with E-state index >= 15 is 0 Å². The summed E-state index contributed by atoms with van der Waals surface area (Å²) >= 11 is 0. The molecule has 1 aromatic heterocycles. The standard InChI is InChI=1S/C12H15F5N2O/c1-3-7-4-10(11(13,14)12(15,16)17)19(18-7)8-5-9(6-8)20-2/h4,8-9H,3,5-6H2,1-2H3. The molecule has 0 N–H and O–H groups in total. The highest BCUT2D eigenvalue weighted by Gasteiger charge is 2.61. The summed E-state index contributed by atoms with van der Waals surface area (Å²) < 4.78 is 70.5. The number of aromatic nitrogens is 2. The Labute approximate surface area is 112 Å². The van der Waals surface area contributed by atoms with Crippen LogP contribution in [-0.4, -0.2) is 29.2 Å². The highest BCUT2D eigenvalue weighted by atomic mass is 19.4. The van der Waals surface area contributed by atoms with Crippen LogP contribution >= 0.6 is 0 Å². The number of rotatable bonds is 4. The predicted molar refractivity (Wildman–Crippen MR) is 60.6 cm³/mol. The molecular weight excluding hydrogens is 283 g/mol. The average Bonchev–Trinajstić information content (AvgIpc) is 2.70. The smallest absolute Gasteiger partial charge is 0.381 e. The van der Waals surface area contributed by atoms with Gasteiger partial charge in [0.15, 0.2) is 0 Å². The number of ether oxygens (including phenoxy) is 1. The predicted octanol–water partition coefficient (Wildman–Crippen LogP) is 3.45. The fourth-order valence-corrected chi connectivity index (χ4v) is 2.21. The molecule has 0 saturated heterocycles. The number of halogens is 5. The van der Waals surface area contributed by atoms with Crippen molar-refractivity contribution in [1.82, 2.24) is 9.78 Å². The molecule has 1 aliphatic carbocycles. The normalized spacial score (nSPS) is 23.8. The van der Waals surface area contributed by atoms with Crippen LogP contribution in [0.5, 0.6) is 0 Å². The number of hydrogen-bond acceptors (Lipinski definition) is 2. The van der Waals surface area contributed by atoms with Gasteiger partial charge in [0, 0.05) is 7.11 Å². The van der Waals surface area contributed by atoms with Crippen molar-refractivity contribution in [2.24, 2.45) is 0 Å². The van der Waals surface area contributed by atoms with Crippen LogP contribution in [0.2, 0.25) is 0 Å². The van der Waals surface area contributed by atoms with E-state index < -0.39 is 23.8 Å². The van der Waals surface area contributed by atoms with Gasteiger partial charge in [-0.05, 0) is 25.3 Å². The molecule has 2 rings (SSSR count). The molecule has 0 aromatic carbocycles. The second-order valence-electron chi connectivity index (χ2n) is 4.87. The molecule has 0 radical (unpaired) electrons. The topological polar surface area (TPSA) is 27.1 Å². The molecule has 114 valence electrons. The minimum Gasteiger partial charge on any atom is -0.381 e. The molecule has 1 saturated carbocycles. The molecule has 1 heterocycles. The van der Waals surface area contributed by atoms with E-state index in [1.165, 1.54) is 7.11 Å². The lowest BCUT2D eigenvalue weighted by Crippen LogP contribution is -2.40. The van der Waals surface area contributed by atoms with E-state index in [1.807, 2.05) is 0 Å². The Kier molecular flexibility index (Phi) is 3.79. The second-order valence-corrected chi connectivity index (χ2v) is 4.87. The van der Waals surface area contributed by atoms with Gasteiger partial charge in [0.25, 0.3) is 0 Å². The van der Waals surface area contributed by atoms with E-state index in [9.17, 15) is 22.0 Å². The van der Waals surface area contributed by atoms with E-state index in [4.69, 9.17) is 4.74 Å². The van der Waals surface area contributed by atoms with Crippen LogP contribution in [0.1, 0.15) is 37.2 Å². The third-order valence-corrected chi connectivity index (χ3v) is 3.58. The van der Waals surface area contributed by atoms with Crippen molar-refractivity contribution in [2.75, 3.05) is 7.11 Å². The summed E-state index contributed by atoms with van der Waals surface area (Å²) in [5.74, 6) is -4.90. The SMILES string of the molecule is CCc1cc(C(F)(F)C(F)(F)F)n(C2CC(OC)C2)n1. The van der Waals surface area contributed by atoms with Crippen molar-refractivity contribution in [3.05, 3.63) is 17.5 Å². The Bertz CT molecular complexity index is 477. The molecule has 0 amide bonds. The van der Waals surface area contributed by atoms with Gasteiger partial charge in [0.2, 0.25) is 0 Å². The van der Waals surface area contributed by atoms with Crippen molar-refractivity contribution < 1.29 is 26.7 Å². The largest absolute Gasteiger partial charge is 0.459 e. The summed E-state index contributed by atoms with van der Waals surface area (Å²) in [6.07, 6.45) is -4.65. The van der Waals surface area contributed by atoms with Crippen molar-refractivity contribution >= 4 is 0 Å². The Morgan fingerprint density at radius 1 is 1.30 bits per heavy atom. The number of nitrogens with zero attached hydrogens (tertiary/aromatic N) is 2. The summed E-state index contributed by atoms with van der Waals surface area (Å²) in [6.45, 7) is 1.65. The van der Waals surface area contributed by atoms with Gasteiger partial charge in [-0.25, -0.2) is 0 Å². The van der Waals surface area contributed by atoms with Crippen molar-refractivity contribution in [1.29, 1.82) is 0 Å².